The minimum Gasteiger partial charge on any atom is -0.179 e. The third kappa shape index (κ3) is 8.67. The van der Waals surface area contributed by atoms with Crippen LogP contribution < -0.4 is 0 Å². The van der Waals surface area contributed by atoms with E-state index in [0.29, 0.717) is 0 Å². The first-order valence-electron chi connectivity index (χ1n) is 5.96. The summed E-state index contributed by atoms with van der Waals surface area (Å²) in [6, 6.07) is 0. The highest BCUT2D eigenvalue weighted by atomic mass is 32.1. The van der Waals surface area contributed by atoms with Crippen LogP contribution in [0.15, 0.2) is 0 Å². The van der Waals surface area contributed by atoms with Gasteiger partial charge in [-0.3, -0.25) is 0 Å². The molecule has 13 heavy (non-hydrogen) atoms. The average Bonchev–Trinajstić information content (AvgIpc) is 2.17. The molecule has 0 bridgehead atoms. The summed E-state index contributed by atoms with van der Waals surface area (Å²) in [5, 5.41) is 0. The molecule has 0 saturated carbocycles. The van der Waals surface area contributed by atoms with E-state index in [2.05, 4.69) is 26.5 Å². The highest BCUT2D eigenvalue weighted by Gasteiger charge is 2.04. The molecule has 1 heteroatoms. The first kappa shape index (κ1) is 13.4. The maximum absolute atomic E-state index is 4.22. The minimum absolute atomic E-state index is 1.000. The molecule has 1 atom stereocenters. The average molecular weight is 202 g/mol. The van der Waals surface area contributed by atoms with Gasteiger partial charge in [0.25, 0.3) is 0 Å². The number of hydrogen-bond acceptors (Lipinski definition) is 1. The molecule has 0 aromatic carbocycles. The van der Waals surface area contributed by atoms with E-state index < -0.39 is 0 Å². The van der Waals surface area contributed by atoms with Gasteiger partial charge in [0.2, 0.25) is 0 Å². The third-order valence-corrected chi connectivity index (χ3v) is 3.13. The Hall–Kier alpha value is 0.350. The SMILES string of the molecule is CCCCC(CC)CCCCCS. The molecule has 0 radical (unpaired) electrons. The van der Waals surface area contributed by atoms with Crippen LogP contribution >= 0.6 is 12.6 Å². The van der Waals surface area contributed by atoms with Crippen LogP contribution in [0.2, 0.25) is 0 Å². The molecular formula is C12H26S. The molecular weight excluding hydrogens is 176 g/mol. The van der Waals surface area contributed by atoms with E-state index in [4.69, 9.17) is 0 Å². The summed E-state index contributed by atoms with van der Waals surface area (Å²) in [4.78, 5) is 0. The van der Waals surface area contributed by atoms with Gasteiger partial charge in [-0.2, -0.15) is 12.6 Å². The first-order chi connectivity index (χ1) is 6.35. The zero-order chi connectivity index (χ0) is 9.94. The quantitative estimate of drug-likeness (QED) is 0.407. The van der Waals surface area contributed by atoms with E-state index >= 15 is 0 Å². The Morgan fingerprint density at radius 2 is 1.62 bits per heavy atom. The lowest BCUT2D eigenvalue weighted by atomic mass is 9.93. The van der Waals surface area contributed by atoms with Crippen molar-refractivity contribution in [3.05, 3.63) is 0 Å². The van der Waals surface area contributed by atoms with Gasteiger partial charge >= 0.3 is 0 Å². The predicted octanol–water partition coefficient (Wildman–Crippen LogP) is 4.69. The Morgan fingerprint density at radius 1 is 0.923 bits per heavy atom. The number of hydrogen-bond donors (Lipinski definition) is 1. The van der Waals surface area contributed by atoms with E-state index in [1.165, 1.54) is 51.4 Å². The molecule has 0 fully saturated rings. The summed E-state index contributed by atoms with van der Waals surface area (Å²) in [7, 11) is 0. The summed E-state index contributed by atoms with van der Waals surface area (Å²) >= 11 is 4.22. The zero-order valence-corrected chi connectivity index (χ0v) is 10.3. The number of unbranched alkanes of at least 4 members (excludes halogenated alkanes) is 3. The highest BCUT2D eigenvalue weighted by Crippen LogP contribution is 2.19. The smallest absolute Gasteiger partial charge is 0.00979 e. The largest absolute Gasteiger partial charge is 0.179 e. The monoisotopic (exact) mass is 202 g/mol. The topological polar surface area (TPSA) is 0 Å². The Balaban J connectivity index is 3.25. The van der Waals surface area contributed by atoms with Crippen LogP contribution in [0.25, 0.3) is 0 Å². The molecule has 0 spiro atoms. The second kappa shape index (κ2) is 10.4. The normalized spacial score (nSPS) is 13.2. The van der Waals surface area contributed by atoms with Crippen LogP contribution in [0, 0.1) is 5.92 Å². The molecule has 1 unspecified atom stereocenters. The van der Waals surface area contributed by atoms with Gasteiger partial charge in [-0.05, 0) is 18.1 Å². The third-order valence-electron chi connectivity index (χ3n) is 2.81. The van der Waals surface area contributed by atoms with Crippen molar-refractivity contribution < 1.29 is 0 Å². The summed E-state index contributed by atoms with van der Waals surface area (Å²) in [5.41, 5.74) is 0. The molecule has 0 heterocycles. The summed E-state index contributed by atoms with van der Waals surface area (Å²) in [5.74, 6) is 2.06. The van der Waals surface area contributed by atoms with Gasteiger partial charge < -0.3 is 0 Å². The van der Waals surface area contributed by atoms with E-state index in [-0.39, 0.29) is 0 Å². The molecule has 0 aliphatic carbocycles. The second-order valence-electron chi connectivity index (χ2n) is 3.99. The molecule has 0 nitrogen and oxygen atoms in total. The molecule has 0 amide bonds. The van der Waals surface area contributed by atoms with Gasteiger partial charge in [-0.15, -0.1) is 0 Å². The zero-order valence-electron chi connectivity index (χ0n) is 9.39. The molecule has 0 N–H and O–H groups in total. The van der Waals surface area contributed by atoms with E-state index in [0.717, 1.165) is 11.7 Å². The fourth-order valence-electron chi connectivity index (χ4n) is 1.77. The predicted molar refractivity (Wildman–Crippen MR) is 65.6 cm³/mol. The van der Waals surface area contributed by atoms with E-state index in [1.807, 2.05) is 0 Å². The van der Waals surface area contributed by atoms with Crippen LogP contribution in [-0.2, 0) is 0 Å². The van der Waals surface area contributed by atoms with Crippen LogP contribution in [0.3, 0.4) is 0 Å². The van der Waals surface area contributed by atoms with Gasteiger partial charge in [-0.25, -0.2) is 0 Å². The second-order valence-corrected chi connectivity index (χ2v) is 4.44. The lowest BCUT2D eigenvalue weighted by molar-refractivity contribution is 0.404. The van der Waals surface area contributed by atoms with Gasteiger partial charge in [-0.1, -0.05) is 58.8 Å². The summed E-state index contributed by atoms with van der Waals surface area (Å²) in [6.45, 7) is 4.62. The van der Waals surface area contributed by atoms with Gasteiger partial charge in [0.15, 0.2) is 0 Å². The van der Waals surface area contributed by atoms with Gasteiger partial charge in [0, 0.05) is 0 Å². The van der Waals surface area contributed by atoms with Crippen molar-refractivity contribution in [2.75, 3.05) is 5.75 Å². The Kier molecular flexibility index (Phi) is 10.7. The maximum atomic E-state index is 4.22. The van der Waals surface area contributed by atoms with Crippen molar-refractivity contribution in [3.63, 3.8) is 0 Å². The van der Waals surface area contributed by atoms with Crippen molar-refractivity contribution in [2.24, 2.45) is 5.92 Å². The maximum Gasteiger partial charge on any atom is -0.00979 e. The van der Waals surface area contributed by atoms with Crippen molar-refractivity contribution in [2.45, 2.75) is 65.2 Å². The van der Waals surface area contributed by atoms with Crippen molar-refractivity contribution in [1.29, 1.82) is 0 Å². The van der Waals surface area contributed by atoms with Crippen LogP contribution in [0.5, 0.6) is 0 Å². The van der Waals surface area contributed by atoms with Gasteiger partial charge in [0.1, 0.15) is 0 Å². The Bertz CT molecular complexity index is 91.1. The Labute approximate surface area is 89.9 Å². The summed E-state index contributed by atoms with van der Waals surface area (Å²) in [6.07, 6.45) is 11.2. The van der Waals surface area contributed by atoms with Crippen molar-refractivity contribution >= 4 is 12.6 Å². The molecule has 0 aliphatic heterocycles. The minimum atomic E-state index is 1.000. The fourth-order valence-corrected chi connectivity index (χ4v) is 1.99. The highest BCUT2D eigenvalue weighted by molar-refractivity contribution is 7.80. The molecule has 0 rings (SSSR count). The summed E-state index contributed by atoms with van der Waals surface area (Å²) < 4.78 is 0. The molecule has 0 aromatic rings. The van der Waals surface area contributed by atoms with E-state index in [1.54, 1.807) is 0 Å². The molecule has 0 saturated heterocycles. The fraction of sp³-hybridized carbons (Fsp3) is 1.00. The number of thiol groups is 1. The lowest BCUT2D eigenvalue weighted by Crippen LogP contribution is -1.98. The van der Waals surface area contributed by atoms with E-state index in [9.17, 15) is 0 Å². The van der Waals surface area contributed by atoms with Crippen molar-refractivity contribution in [1.82, 2.24) is 0 Å². The van der Waals surface area contributed by atoms with Crippen LogP contribution in [-0.4, -0.2) is 5.75 Å². The lowest BCUT2D eigenvalue weighted by Gasteiger charge is -2.13. The van der Waals surface area contributed by atoms with Crippen molar-refractivity contribution in [3.8, 4) is 0 Å². The number of rotatable bonds is 9. The standard InChI is InChI=1S/C12H26S/c1-3-5-9-12(4-2)10-7-6-8-11-13/h12-13H,3-11H2,1-2H3. The first-order valence-corrected chi connectivity index (χ1v) is 6.59. The van der Waals surface area contributed by atoms with Crippen LogP contribution in [0.4, 0.5) is 0 Å². The molecule has 0 aromatic heterocycles. The molecule has 80 valence electrons. The Morgan fingerprint density at radius 3 is 2.15 bits per heavy atom. The van der Waals surface area contributed by atoms with Gasteiger partial charge in [0.05, 0.1) is 0 Å². The molecule has 0 aliphatic rings. The van der Waals surface area contributed by atoms with Crippen LogP contribution in [0.1, 0.15) is 65.2 Å².